The molecule has 2 aliphatic rings. The van der Waals surface area contributed by atoms with Gasteiger partial charge in [0.2, 0.25) is 5.36 Å². The molecule has 0 fully saturated rings. The Morgan fingerprint density at radius 1 is 0.846 bits per heavy atom. The molecular formula is C34H45N2O3+. The Bertz CT molecular complexity index is 1410. The van der Waals surface area contributed by atoms with Gasteiger partial charge in [-0.1, -0.05) is 51.3 Å². The molecule has 0 atom stereocenters. The van der Waals surface area contributed by atoms with Crippen LogP contribution >= 0.6 is 0 Å². The number of rotatable bonds is 9. The van der Waals surface area contributed by atoms with Gasteiger partial charge >= 0.3 is 5.97 Å². The number of esters is 1. The zero-order valence-electron chi connectivity index (χ0n) is 24.8. The van der Waals surface area contributed by atoms with Crippen LogP contribution in [-0.2, 0) is 4.74 Å². The molecule has 208 valence electrons. The zero-order chi connectivity index (χ0) is 28.4. The fourth-order valence-corrected chi connectivity index (χ4v) is 5.07. The van der Waals surface area contributed by atoms with Crippen LogP contribution in [0.1, 0.15) is 71.2 Å². The Morgan fingerprint density at radius 2 is 1.54 bits per heavy atom. The number of nitrogens with zero attached hydrogens (tertiary/aromatic N) is 2. The Kier molecular flexibility index (Phi) is 11.2. The van der Waals surface area contributed by atoms with E-state index in [9.17, 15) is 4.79 Å². The topological polar surface area (TPSA) is 45.7 Å². The summed E-state index contributed by atoms with van der Waals surface area (Å²) in [7, 11) is 1.42. The van der Waals surface area contributed by atoms with E-state index in [-0.39, 0.29) is 5.97 Å². The van der Waals surface area contributed by atoms with Gasteiger partial charge in [0.1, 0.15) is 24.4 Å². The third-order valence-corrected chi connectivity index (χ3v) is 7.25. The molecule has 2 aromatic carbocycles. The van der Waals surface area contributed by atoms with Crippen molar-refractivity contribution in [3.8, 4) is 22.5 Å². The van der Waals surface area contributed by atoms with Gasteiger partial charge in [-0.15, -0.1) is 0 Å². The zero-order valence-corrected chi connectivity index (χ0v) is 24.8. The molecule has 0 aromatic heterocycles. The van der Waals surface area contributed by atoms with Crippen molar-refractivity contribution < 1.29 is 13.9 Å². The maximum absolute atomic E-state index is 12.7. The summed E-state index contributed by atoms with van der Waals surface area (Å²) in [5, 5.41) is 2.09. The number of fused-ring (bicyclic) bond motifs is 2. The van der Waals surface area contributed by atoms with Gasteiger partial charge in [0.25, 0.3) is 0 Å². The van der Waals surface area contributed by atoms with E-state index in [1.165, 1.54) is 26.4 Å². The average Bonchev–Trinajstić information content (AvgIpc) is 2.97. The second-order valence-corrected chi connectivity index (χ2v) is 9.57. The quantitative estimate of drug-likeness (QED) is 0.126. The average molecular weight is 530 g/mol. The number of benzene rings is 3. The van der Waals surface area contributed by atoms with Crippen LogP contribution in [0.5, 0.6) is 0 Å². The van der Waals surface area contributed by atoms with Crippen molar-refractivity contribution in [2.45, 2.75) is 60.8 Å². The van der Waals surface area contributed by atoms with E-state index in [0.717, 1.165) is 70.6 Å². The molecule has 5 heteroatoms. The maximum Gasteiger partial charge on any atom is 0.338 e. The van der Waals surface area contributed by atoms with Crippen molar-refractivity contribution in [2.24, 2.45) is 0 Å². The Labute approximate surface area is 234 Å². The summed E-state index contributed by atoms with van der Waals surface area (Å²) in [5.74, 6) is 0.445. The number of ether oxygens (including phenoxy) is 1. The lowest BCUT2D eigenvalue weighted by Crippen LogP contribution is -2.29. The molecule has 0 saturated carbocycles. The molecule has 0 unspecified atom stereocenters. The Balaban J connectivity index is 0.000000771. The fraction of sp³-hybridized carbons (Fsp3) is 0.412. The largest absolute Gasteiger partial charge is 0.465 e. The van der Waals surface area contributed by atoms with Crippen LogP contribution in [-0.4, -0.2) is 39.3 Å². The minimum atomic E-state index is -0.350. The summed E-state index contributed by atoms with van der Waals surface area (Å²) in [5.41, 5.74) is 5.24. The standard InChI is InChI=1S/C29H33N2O3.C5H12/c1-6-30(7-2)20-14-16-24-26(18-20)34-27-19-21(31(8-3)9-4)15-17-25(27)28(24)22-12-10-11-13-23(22)29(32)33-5;1-3-5-4-2/h10-19H,6-9H2,1-5H3;3-5H2,1-2H3/q+1;. The molecule has 1 aliphatic heterocycles. The number of anilines is 1. The molecule has 0 bridgehead atoms. The van der Waals surface area contributed by atoms with Crippen LogP contribution in [0.15, 0.2) is 65.1 Å². The molecule has 0 N–H and O–H groups in total. The first-order valence-corrected chi connectivity index (χ1v) is 14.5. The fourth-order valence-electron chi connectivity index (χ4n) is 5.07. The summed E-state index contributed by atoms with van der Waals surface area (Å²) in [6, 6.07) is 20.3. The van der Waals surface area contributed by atoms with Crippen molar-refractivity contribution in [3.63, 3.8) is 0 Å². The molecule has 1 aliphatic carbocycles. The normalized spacial score (nSPS) is 10.7. The molecule has 0 radical (unpaired) electrons. The summed E-state index contributed by atoms with van der Waals surface area (Å²) in [6.07, 6.45) is 4.08. The van der Waals surface area contributed by atoms with Gasteiger partial charge in [0.05, 0.1) is 18.7 Å². The lowest BCUT2D eigenvalue weighted by molar-refractivity contribution is 0.0601. The van der Waals surface area contributed by atoms with E-state index in [1.54, 1.807) is 0 Å². The predicted octanol–water partition coefficient (Wildman–Crippen LogP) is 7.85. The number of carbonyl (C=O) groups excluding carboxylic acids is 1. The van der Waals surface area contributed by atoms with Gasteiger partial charge in [0.15, 0.2) is 0 Å². The molecule has 4 rings (SSSR count). The highest BCUT2D eigenvalue weighted by Crippen LogP contribution is 2.42. The first-order valence-electron chi connectivity index (χ1n) is 14.5. The van der Waals surface area contributed by atoms with E-state index in [1.807, 2.05) is 24.3 Å². The van der Waals surface area contributed by atoms with Crippen molar-refractivity contribution in [2.75, 3.05) is 38.2 Å². The van der Waals surface area contributed by atoms with Gasteiger partial charge in [-0.3, -0.25) is 0 Å². The van der Waals surface area contributed by atoms with Crippen LogP contribution in [0, 0.1) is 0 Å². The molecular weight excluding hydrogens is 484 g/mol. The van der Waals surface area contributed by atoms with Gasteiger partial charge in [-0.25, -0.2) is 9.37 Å². The highest BCUT2D eigenvalue weighted by atomic mass is 16.5. The van der Waals surface area contributed by atoms with Gasteiger partial charge in [-0.05, 0) is 57.5 Å². The Morgan fingerprint density at radius 3 is 2.13 bits per heavy atom. The van der Waals surface area contributed by atoms with E-state index < -0.39 is 0 Å². The lowest BCUT2D eigenvalue weighted by atomic mass is 9.90. The summed E-state index contributed by atoms with van der Waals surface area (Å²) in [6.45, 7) is 16.7. The van der Waals surface area contributed by atoms with Crippen LogP contribution in [0.25, 0.3) is 33.4 Å². The van der Waals surface area contributed by atoms with Gasteiger partial charge in [-0.2, -0.15) is 0 Å². The predicted molar refractivity (Wildman–Crippen MR) is 165 cm³/mol. The van der Waals surface area contributed by atoms with E-state index in [0.29, 0.717) is 5.56 Å². The second-order valence-electron chi connectivity index (χ2n) is 9.57. The van der Waals surface area contributed by atoms with Crippen LogP contribution in [0.3, 0.4) is 0 Å². The SMILES string of the molecule is CCCCC.CCN(CC)c1ccc2c(-c3ccccc3C(=O)OC)c3ccc(=[N+](CC)CC)cc-3oc2c1. The second kappa shape index (κ2) is 14.5. The highest BCUT2D eigenvalue weighted by molar-refractivity contribution is 6.08. The monoisotopic (exact) mass is 529 g/mol. The molecule has 0 saturated heterocycles. The van der Waals surface area contributed by atoms with Crippen molar-refractivity contribution in [1.29, 1.82) is 0 Å². The number of methoxy groups -OCH3 is 1. The summed E-state index contributed by atoms with van der Waals surface area (Å²) in [4.78, 5) is 15.0. The van der Waals surface area contributed by atoms with Crippen molar-refractivity contribution >= 4 is 22.6 Å². The molecule has 5 nitrogen and oxygen atoms in total. The highest BCUT2D eigenvalue weighted by Gasteiger charge is 2.23. The first kappa shape index (κ1) is 29.9. The Hall–Kier alpha value is -3.60. The number of hydrogen-bond donors (Lipinski definition) is 0. The molecule has 0 amide bonds. The smallest absolute Gasteiger partial charge is 0.338 e. The minimum absolute atomic E-state index is 0.350. The lowest BCUT2D eigenvalue weighted by Gasteiger charge is -2.22. The van der Waals surface area contributed by atoms with Gasteiger partial charge < -0.3 is 14.1 Å². The molecule has 2 aromatic rings. The van der Waals surface area contributed by atoms with Crippen LogP contribution in [0.4, 0.5) is 5.69 Å². The minimum Gasteiger partial charge on any atom is -0.465 e. The molecule has 39 heavy (non-hydrogen) atoms. The first-order chi connectivity index (χ1) is 19.0. The molecule has 0 spiro atoms. The third-order valence-electron chi connectivity index (χ3n) is 7.25. The summed E-state index contributed by atoms with van der Waals surface area (Å²) >= 11 is 0. The van der Waals surface area contributed by atoms with E-state index >= 15 is 0 Å². The van der Waals surface area contributed by atoms with Gasteiger partial charge in [0, 0.05) is 47.4 Å². The molecule has 1 heterocycles. The van der Waals surface area contributed by atoms with Crippen LogP contribution in [0.2, 0.25) is 0 Å². The van der Waals surface area contributed by atoms with E-state index in [2.05, 4.69) is 87.4 Å². The maximum atomic E-state index is 12.7. The van der Waals surface area contributed by atoms with Crippen molar-refractivity contribution in [3.05, 3.63) is 71.6 Å². The number of unbranched alkanes of at least 4 members (excludes halogenated alkanes) is 2. The summed E-state index contributed by atoms with van der Waals surface area (Å²) < 4.78 is 13.9. The van der Waals surface area contributed by atoms with Crippen molar-refractivity contribution in [1.82, 2.24) is 4.58 Å². The number of carbonyl (C=O) groups is 1. The van der Waals surface area contributed by atoms with Crippen LogP contribution < -0.4 is 14.8 Å². The number of hydrogen-bond acceptors (Lipinski definition) is 4. The third kappa shape index (κ3) is 6.70. The van der Waals surface area contributed by atoms with E-state index in [4.69, 9.17) is 9.15 Å².